The van der Waals surface area contributed by atoms with Gasteiger partial charge in [-0.2, -0.15) is 0 Å². The lowest BCUT2D eigenvalue weighted by Crippen LogP contribution is -2.25. The van der Waals surface area contributed by atoms with E-state index < -0.39 is 0 Å². The average Bonchev–Trinajstić information content (AvgIpc) is 2.68. The molecule has 0 radical (unpaired) electrons. The van der Waals surface area contributed by atoms with Gasteiger partial charge in [0.1, 0.15) is 0 Å². The number of rotatable bonds is 22. The second kappa shape index (κ2) is 21.3. The van der Waals surface area contributed by atoms with Crippen molar-refractivity contribution in [3.05, 3.63) is 12.2 Å². The third-order valence-electron chi connectivity index (χ3n) is 6.00. The summed E-state index contributed by atoms with van der Waals surface area (Å²) in [5.74, 6) is 0. The van der Waals surface area contributed by atoms with Crippen molar-refractivity contribution in [3.8, 4) is 0 Å². The van der Waals surface area contributed by atoms with E-state index in [1.165, 1.54) is 77.0 Å². The van der Waals surface area contributed by atoms with Crippen LogP contribution >= 0.6 is 0 Å². The minimum absolute atomic E-state index is 0.0780. The van der Waals surface area contributed by atoms with Crippen LogP contribution in [0.3, 0.4) is 0 Å². The fraction of sp³-hybridized carbons (Fsp3) is 0.917. The van der Waals surface area contributed by atoms with Crippen molar-refractivity contribution in [1.82, 2.24) is 0 Å². The van der Waals surface area contributed by atoms with E-state index in [2.05, 4.69) is 12.2 Å². The minimum Gasteiger partial charge on any atom is -0.396 e. The first kappa shape index (κ1) is 27.6. The third-order valence-corrected chi connectivity index (χ3v) is 6.00. The molecule has 0 bridgehead atoms. The van der Waals surface area contributed by atoms with Gasteiger partial charge in [0, 0.05) is 19.8 Å². The Balaban J connectivity index is 3.57. The molecule has 0 fully saturated rings. The molecule has 0 spiro atoms. The van der Waals surface area contributed by atoms with Crippen molar-refractivity contribution >= 4 is 0 Å². The van der Waals surface area contributed by atoms with Crippen LogP contribution < -0.4 is 5.73 Å². The molecule has 0 saturated carbocycles. The lowest BCUT2D eigenvalue weighted by atomic mass is 9.74. The number of allylic oxidation sites excluding steroid dienone is 2. The predicted molar refractivity (Wildman–Crippen MR) is 120 cm³/mol. The summed E-state index contributed by atoms with van der Waals surface area (Å²) in [6.07, 6.45) is 24.1. The van der Waals surface area contributed by atoms with Gasteiger partial charge in [-0.3, -0.25) is 0 Å². The van der Waals surface area contributed by atoms with E-state index in [1.807, 2.05) is 0 Å². The number of hydrogen-bond acceptors (Lipinski definition) is 4. The number of unbranched alkanes of at least 4 members (excludes halogenated alkanes) is 11. The zero-order valence-electron chi connectivity index (χ0n) is 18.4. The van der Waals surface area contributed by atoms with Crippen molar-refractivity contribution in [2.45, 2.75) is 109 Å². The van der Waals surface area contributed by atoms with Gasteiger partial charge in [-0.05, 0) is 69.7 Å². The van der Waals surface area contributed by atoms with E-state index in [9.17, 15) is 15.3 Å². The van der Waals surface area contributed by atoms with E-state index in [1.54, 1.807) is 0 Å². The first-order valence-electron chi connectivity index (χ1n) is 11.9. The highest BCUT2D eigenvalue weighted by Gasteiger charge is 2.27. The fourth-order valence-corrected chi connectivity index (χ4v) is 4.10. The van der Waals surface area contributed by atoms with Crippen molar-refractivity contribution in [2.24, 2.45) is 11.1 Å². The topological polar surface area (TPSA) is 86.7 Å². The molecular weight excluding hydrogens is 350 g/mol. The van der Waals surface area contributed by atoms with Crippen LogP contribution in [0.2, 0.25) is 0 Å². The molecular formula is C24H49NO3. The first-order chi connectivity index (χ1) is 13.7. The Bertz CT molecular complexity index is 317. The quantitative estimate of drug-likeness (QED) is 0.151. The molecule has 0 atom stereocenters. The summed E-state index contributed by atoms with van der Waals surface area (Å²) in [6, 6.07) is 0. The Morgan fingerprint density at radius 3 is 1.32 bits per heavy atom. The van der Waals surface area contributed by atoms with Gasteiger partial charge in [0.2, 0.25) is 0 Å². The molecule has 0 saturated heterocycles. The van der Waals surface area contributed by atoms with Crippen LogP contribution in [0.15, 0.2) is 12.2 Å². The Labute approximate surface area is 174 Å². The summed E-state index contributed by atoms with van der Waals surface area (Å²) in [5, 5.41) is 27.9. The highest BCUT2D eigenvalue weighted by Crippen LogP contribution is 2.36. The lowest BCUT2D eigenvalue weighted by Gasteiger charge is -2.32. The molecule has 0 aromatic carbocycles. The zero-order valence-corrected chi connectivity index (χ0v) is 18.4. The van der Waals surface area contributed by atoms with Crippen LogP contribution in [0.1, 0.15) is 109 Å². The van der Waals surface area contributed by atoms with E-state index in [0.717, 1.165) is 19.4 Å². The molecule has 28 heavy (non-hydrogen) atoms. The van der Waals surface area contributed by atoms with Gasteiger partial charge in [0.05, 0.1) is 0 Å². The molecule has 4 heteroatoms. The summed E-state index contributed by atoms with van der Waals surface area (Å²) < 4.78 is 0. The van der Waals surface area contributed by atoms with Gasteiger partial charge in [-0.1, -0.05) is 63.5 Å². The van der Waals surface area contributed by atoms with E-state index in [4.69, 9.17) is 5.73 Å². The molecule has 0 unspecified atom stereocenters. The number of hydrogen-bond donors (Lipinski definition) is 4. The smallest absolute Gasteiger partial charge is 0.0436 e. The first-order valence-corrected chi connectivity index (χ1v) is 11.9. The Kier molecular flexibility index (Phi) is 21.0. The molecule has 4 nitrogen and oxygen atoms in total. The van der Waals surface area contributed by atoms with E-state index in [0.29, 0.717) is 19.3 Å². The van der Waals surface area contributed by atoms with Crippen LogP contribution in [-0.4, -0.2) is 41.7 Å². The third kappa shape index (κ3) is 16.5. The summed E-state index contributed by atoms with van der Waals surface area (Å²) in [6.45, 7) is 1.25. The van der Waals surface area contributed by atoms with Crippen molar-refractivity contribution in [1.29, 1.82) is 0 Å². The second-order valence-electron chi connectivity index (χ2n) is 8.40. The van der Waals surface area contributed by atoms with Crippen LogP contribution in [0.4, 0.5) is 0 Å². The van der Waals surface area contributed by atoms with Crippen LogP contribution in [0.25, 0.3) is 0 Å². The molecule has 5 N–H and O–H groups in total. The van der Waals surface area contributed by atoms with Gasteiger partial charge >= 0.3 is 0 Å². The maximum Gasteiger partial charge on any atom is 0.0436 e. The molecule has 168 valence electrons. The largest absolute Gasteiger partial charge is 0.396 e. The molecule has 0 aliphatic heterocycles. The fourth-order valence-electron chi connectivity index (χ4n) is 4.10. The van der Waals surface area contributed by atoms with E-state index >= 15 is 0 Å². The molecule has 0 aromatic rings. The SMILES string of the molecule is NCCCCCCCCC=CCCCCCCCC(CCO)(CCO)CCO. The van der Waals surface area contributed by atoms with E-state index in [-0.39, 0.29) is 25.2 Å². The molecule has 0 amide bonds. The molecule has 0 aliphatic rings. The maximum atomic E-state index is 9.32. The summed E-state index contributed by atoms with van der Waals surface area (Å²) in [5.41, 5.74) is 5.42. The normalized spacial score (nSPS) is 12.3. The Morgan fingerprint density at radius 2 is 0.893 bits per heavy atom. The van der Waals surface area contributed by atoms with Crippen LogP contribution in [0, 0.1) is 5.41 Å². The number of aliphatic hydroxyl groups is 3. The van der Waals surface area contributed by atoms with Crippen molar-refractivity contribution in [2.75, 3.05) is 26.4 Å². The van der Waals surface area contributed by atoms with Crippen molar-refractivity contribution in [3.63, 3.8) is 0 Å². The van der Waals surface area contributed by atoms with Crippen molar-refractivity contribution < 1.29 is 15.3 Å². The second-order valence-corrected chi connectivity index (χ2v) is 8.40. The van der Waals surface area contributed by atoms with Crippen LogP contribution in [-0.2, 0) is 0 Å². The van der Waals surface area contributed by atoms with Gasteiger partial charge in [-0.25, -0.2) is 0 Å². The van der Waals surface area contributed by atoms with Gasteiger partial charge < -0.3 is 21.1 Å². The monoisotopic (exact) mass is 399 g/mol. The maximum absolute atomic E-state index is 9.32. The molecule has 0 heterocycles. The predicted octanol–water partition coefficient (Wildman–Crippen LogP) is 5.10. The minimum atomic E-state index is -0.0780. The molecule has 0 aromatic heterocycles. The summed E-state index contributed by atoms with van der Waals surface area (Å²) in [7, 11) is 0. The summed E-state index contributed by atoms with van der Waals surface area (Å²) >= 11 is 0. The highest BCUT2D eigenvalue weighted by atomic mass is 16.3. The Hall–Kier alpha value is -0.420. The van der Waals surface area contributed by atoms with Gasteiger partial charge in [-0.15, -0.1) is 0 Å². The molecule has 0 rings (SSSR count). The molecule has 0 aliphatic carbocycles. The van der Waals surface area contributed by atoms with Crippen LogP contribution in [0.5, 0.6) is 0 Å². The number of nitrogens with two attached hydrogens (primary N) is 1. The lowest BCUT2D eigenvalue weighted by molar-refractivity contribution is 0.0885. The van der Waals surface area contributed by atoms with Gasteiger partial charge in [0.15, 0.2) is 0 Å². The Morgan fingerprint density at radius 1 is 0.500 bits per heavy atom. The number of aliphatic hydroxyl groups excluding tert-OH is 3. The zero-order chi connectivity index (χ0) is 20.8. The highest BCUT2D eigenvalue weighted by molar-refractivity contribution is 4.81. The average molecular weight is 400 g/mol. The van der Waals surface area contributed by atoms with Gasteiger partial charge in [0.25, 0.3) is 0 Å². The summed E-state index contributed by atoms with van der Waals surface area (Å²) in [4.78, 5) is 0. The standard InChI is InChI=1S/C24H49NO3/c25-20-15-13-11-9-7-5-3-1-2-4-6-8-10-12-14-16-24(17-21-26,18-22-27)19-23-28/h1-2,26-28H,3-23,25H2.